The molecule has 0 saturated heterocycles. The molecule has 2 aromatic rings. The Morgan fingerprint density at radius 2 is 2.25 bits per heavy atom. The lowest BCUT2D eigenvalue weighted by Crippen LogP contribution is -2.17. The van der Waals surface area contributed by atoms with Crippen molar-refractivity contribution in [3.63, 3.8) is 0 Å². The first-order chi connectivity index (χ1) is 7.68. The maximum atomic E-state index is 6.24. The van der Waals surface area contributed by atoms with Gasteiger partial charge in [0.2, 0.25) is 0 Å². The van der Waals surface area contributed by atoms with Crippen LogP contribution in [0.4, 0.5) is 0 Å². The van der Waals surface area contributed by atoms with Gasteiger partial charge >= 0.3 is 0 Å². The van der Waals surface area contributed by atoms with E-state index in [0.717, 1.165) is 17.3 Å². The highest BCUT2D eigenvalue weighted by Crippen LogP contribution is 2.36. The summed E-state index contributed by atoms with van der Waals surface area (Å²) in [5.74, 6) is 0. The van der Waals surface area contributed by atoms with E-state index in [9.17, 15) is 0 Å². The van der Waals surface area contributed by atoms with Crippen LogP contribution in [0.1, 0.15) is 30.1 Å². The Hall–Kier alpha value is -0.800. The largest absolute Gasteiger partial charge is 0.347 e. The molecule has 1 aromatic carbocycles. The monoisotopic (exact) mass is 278 g/mol. The van der Waals surface area contributed by atoms with E-state index < -0.39 is 0 Å². The van der Waals surface area contributed by atoms with Crippen molar-refractivity contribution >= 4 is 26.8 Å². The first-order valence-corrected chi connectivity index (χ1v) is 6.50. The Kier molecular flexibility index (Phi) is 2.33. The van der Waals surface area contributed by atoms with Gasteiger partial charge in [0.15, 0.2) is 0 Å². The average molecular weight is 279 g/mol. The molecule has 84 valence electrons. The summed E-state index contributed by atoms with van der Waals surface area (Å²) in [5, 5.41) is 1.33. The van der Waals surface area contributed by atoms with Gasteiger partial charge in [-0.05, 0) is 37.0 Å². The molecule has 0 fully saturated rings. The molecule has 2 N–H and O–H groups in total. The summed E-state index contributed by atoms with van der Waals surface area (Å²) in [7, 11) is 2.14. The minimum Gasteiger partial charge on any atom is -0.347 e. The third-order valence-electron chi connectivity index (χ3n) is 3.63. The van der Waals surface area contributed by atoms with E-state index in [-0.39, 0.29) is 6.04 Å². The van der Waals surface area contributed by atoms with Gasteiger partial charge < -0.3 is 10.3 Å². The minimum absolute atomic E-state index is 0.216. The van der Waals surface area contributed by atoms with E-state index in [4.69, 9.17) is 5.73 Å². The maximum Gasteiger partial charge on any atom is 0.0494 e. The molecule has 0 aliphatic heterocycles. The van der Waals surface area contributed by atoms with Gasteiger partial charge in [-0.25, -0.2) is 0 Å². The molecule has 3 heteroatoms. The van der Waals surface area contributed by atoms with Gasteiger partial charge in [0.1, 0.15) is 0 Å². The molecule has 0 spiro atoms. The van der Waals surface area contributed by atoms with Crippen LogP contribution in [0, 0.1) is 0 Å². The van der Waals surface area contributed by atoms with Crippen LogP contribution in [0.25, 0.3) is 10.9 Å². The van der Waals surface area contributed by atoms with Crippen LogP contribution in [-0.2, 0) is 13.5 Å². The summed E-state index contributed by atoms with van der Waals surface area (Å²) < 4.78 is 3.43. The third kappa shape index (κ3) is 1.35. The minimum atomic E-state index is 0.216. The SMILES string of the molecule is Cn1c2c(c3ccc(Br)cc31)C(N)CCC2. The highest BCUT2D eigenvalue weighted by Gasteiger charge is 2.23. The molecule has 1 heterocycles. The highest BCUT2D eigenvalue weighted by atomic mass is 79.9. The van der Waals surface area contributed by atoms with Crippen molar-refractivity contribution in [2.24, 2.45) is 12.8 Å². The summed E-state index contributed by atoms with van der Waals surface area (Å²) >= 11 is 3.53. The molecule has 1 aromatic heterocycles. The third-order valence-corrected chi connectivity index (χ3v) is 4.12. The summed E-state index contributed by atoms with van der Waals surface area (Å²) in [4.78, 5) is 0. The molecule has 2 nitrogen and oxygen atoms in total. The fourth-order valence-electron chi connectivity index (χ4n) is 2.84. The van der Waals surface area contributed by atoms with Crippen molar-refractivity contribution in [1.29, 1.82) is 0 Å². The normalized spacial score (nSPS) is 20.1. The number of aromatic nitrogens is 1. The van der Waals surface area contributed by atoms with E-state index >= 15 is 0 Å². The molecule has 1 aliphatic rings. The standard InChI is InChI=1S/C13H15BrN2/c1-16-11-4-2-3-10(15)13(11)9-6-5-8(14)7-12(9)16/h5-7,10H,2-4,15H2,1H3. The Labute approximate surface area is 104 Å². The molecule has 0 radical (unpaired) electrons. The number of benzene rings is 1. The van der Waals surface area contributed by atoms with Crippen LogP contribution in [0.2, 0.25) is 0 Å². The Morgan fingerprint density at radius 1 is 1.44 bits per heavy atom. The lowest BCUT2D eigenvalue weighted by molar-refractivity contribution is 0.557. The van der Waals surface area contributed by atoms with Crippen LogP contribution < -0.4 is 5.73 Å². The second-order valence-corrected chi connectivity index (χ2v) is 5.50. The summed E-state index contributed by atoms with van der Waals surface area (Å²) in [6.07, 6.45) is 3.48. The van der Waals surface area contributed by atoms with E-state index in [1.165, 1.54) is 28.6 Å². The van der Waals surface area contributed by atoms with E-state index in [1.54, 1.807) is 0 Å². The summed E-state index contributed by atoms with van der Waals surface area (Å²) in [6, 6.07) is 6.68. The summed E-state index contributed by atoms with van der Waals surface area (Å²) in [5.41, 5.74) is 10.3. The Morgan fingerprint density at radius 3 is 3.06 bits per heavy atom. The molecule has 1 aliphatic carbocycles. The van der Waals surface area contributed by atoms with Gasteiger partial charge in [0, 0.05) is 34.2 Å². The maximum absolute atomic E-state index is 6.24. The molecule has 1 atom stereocenters. The Balaban J connectivity index is 2.39. The Bertz CT molecular complexity index is 557. The predicted molar refractivity (Wildman–Crippen MR) is 70.5 cm³/mol. The van der Waals surface area contributed by atoms with E-state index in [2.05, 4.69) is 45.7 Å². The van der Waals surface area contributed by atoms with Crippen LogP contribution in [0.5, 0.6) is 0 Å². The zero-order chi connectivity index (χ0) is 11.3. The van der Waals surface area contributed by atoms with Crippen molar-refractivity contribution in [3.8, 4) is 0 Å². The van der Waals surface area contributed by atoms with Crippen LogP contribution >= 0.6 is 15.9 Å². The van der Waals surface area contributed by atoms with Crippen LogP contribution in [0.3, 0.4) is 0 Å². The zero-order valence-electron chi connectivity index (χ0n) is 9.33. The lowest BCUT2D eigenvalue weighted by atomic mass is 9.91. The van der Waals surface area contributed by atoms with Gasteiger partial charge in [-0.2, -0.15) is 0 Å². The van der Waals surface area contributed by atoms with Gasteiger partial charge in [-0.15, -0.1) is 0 Å². The number of hydrogen-bond acceptors (Lipinski definition) is 1. The van der Waals surface area contributed by atoms with Crippen molar-refractivity contribution in [1.82, 2.24) is 4.57 Å². The van der Waals surface area contributed by atoms with Gasteiger partial charge in [-0.3, -0.25) is 0 Å². The van der Waals surface area contributed by atoms with Gasteiger partial charge in [-0.1, -0.05) is 22.0 Å². The smallest absolute Gasteiger partial charge is 0.0494 e. The first kappa shape index (κ1) is 10.4. The van der Waals surface area contributed by atoms with E-state index in [1.807, 2.05) is 0 Å². The number of nitrogens with zero attached hydrogens (tertiary/aromatic N) is 1. The van der Waals surface area contributed by atoms with E-state index in [0.29, 0.717) is 0 Å². The van der Waals surface area contributed by atoms with Gasteiger partial charge in [0.05, 0.1) is 0 Å². The number of fused-ring (bicyclic) bond motifs is 3. The topological polar surface area (TPSA) is 30.9 Å². The summed E-state index contributed by atoms with van der Waals surface area (Å²) in [6.45, 7) is 0. The highest BCUT2D eigenvalue weighted by molar-refractivity contribution is 9.10. The quantitative estimate of drug-likeness (QED) is 0.788. The number of aryl methyl sites for hydroxylation is 1. The van der Waals surface area contributed by atoms with Crippen molar-refractivity contribution < 1.29 is 0 Å². The number of halogens is 1. The molecule has 0 bridgehead atoms. The first-order valence-electron chi connectivity index (χ1n) is 5.71. The fraction of sp³-hybridized carbons (Fsp3) is 0.385. The lowest BCUT2D eigenvalue weighted by Gasteiger charge is -2.20. The van der Waals surface area contributed by atoms with Crippen molar-refractivity contribution in [2.75, 3.05) is 0 Å². The molecular formula is C13H15BrN2. The van der Waals surface area contributed by atoms with Crippen LogP contribution in [0.15, 0.2) is 22.7 Å². The van der Waals surface area contributed by atoms with Gasteiger partial charge in [0.25, 0.3) is 0 Å². The second kappa shape index (κ2) is 3.60. The number of hydrogen-bond donors (Lipinski definition) is 1. The van der Waals surface area contributed by atoms with Crippen molar-refractivity contribution in [3.05, 3.63) is 33.9 Å². The molecule has 0 amide bonds. The predicted octanol–water partition coefficient (Wildman–Crippen LogP) is 3.28. The second-order valence-electron chi connectivity index (χ2n) is 4.58. The van der Waals surface area contributed by atoms with Crippen LogP contribution in [-0.4, -0.2) is 4.57 Å². The molecule has 0 saturated carbocycles. The molecule has 3 rings (SSSR count). The average Bonchev–Trinajstić information content (AvgIpc) is 2.55. The molecule has 16 heavy (non-hydrogen) atoms. The van der Waals surface area contributed by atoms with Crippen molar-refractivity contribution in [2.45, 2.75) is 25.3 Å². The molecule has 1 unspecified atom stereocenters. The molecular weight excluding hydrogens is 264 g/mol. The fourth-order valence-corrected chi connectivity index (χ4v) is 3.19. The zero-order valence-corrected chi connectivity index (χ0v) is 10.9. The number of rotatable bonds is 0. The number of nitrogens with two attached hydrogens (primary N) is 1.